The molecule has 0 unspecified atom stereocenters. The van der Waals surface area contributed by atoms with Gasteiger partial charge < -0.3 is 4.74 Å². The monoisotopic (exact) mass is 230 g/mol. The third-order valence-electron chi connectivity index (χ3n) is 2.06. The predicted octanol–water partition coefficient (Wildman–Crippen LogP) is 2.27. The van der Waals surface area contributed by atoms with Gasteiger partial charge in [-0.2, -0.15) is 0 Å². The molecule has 0 amide bonds. The van der Waals surface area contributed by atoms with Crippen molar-refractivity contribution in [2.24, 2.45) is 0 Å². The van der Waals surface area contributed by atoms with Gasteiger partial charge in [-0.25, -0.2) is 0 Å². The van der Waals surface area contributed by atoms with Gasteiger partial charge in [0, 0.05) is 23.1 Å². The number of rotatable bonds is 2. The smallest absolute Gasteiger partial charge is 0.319 e. The average molecular weight is 230 g/mol. The Morgan fingerprint density at radius 2 is 2.19 bits per heavy atom. The summed E-state index contributed by atoms with van der Waals surface area (Å²) in [6, 6.07) is 9.52. The Kier molecular flexibility index (Phi) is 2.19. The number of fused-ring (bicyclic) bond motifs is 1. The molecule has 3 aromatic rings. The molecule has 2 heterocycles. The van der Waals surface area contributed by atoms with E-state index >= 15 is 0 Å². The molecule has 0 N–H and O–H groups in total. The molecule has 0 aliphatic carbocycles. The molecule has 1 aromatic carbocycles. The molecular weight excluding hydrogens is 224 g/mol. The van der Waals surface area contributed by atoms with Gasteiger partial charge >= 0.3 is 5.19 Å². The van der Waals surface area contributed by atoms with Crippen molar-refractivity contribution >= 4 is 22.4 Å². The van der Waals surface area contributed by atoms with Crippen molar-refractivity contribution in [2.75, 3.05) is 0 Å². The van der Waals surface area contributed by atoms with Crippen LogP contribution in [0.25, 0.3) is 10.9 Å². The number of benzene rings is 1. The quantitative estimate of drug-likeness (QED) is 0.675. The number of pyridine rings is 1. The van der Waals surface area contributed by atoms with E-state index in [1.54, 1.807) is 6.20 Å². The highest BCUT2D eigenvalue weighted by Crippen LogP contribution is 2.24. The van der Waals surface area contributed by atoms with Gasteiger partial charge in [0.25, 0.3) is 0 Å². The molecule has 5 nitrogen and oxygen atoms in total. The van der Waals surface area contributed by atoms with Crippen LogP contribution in [-0.2, 0) is 0 Å². The highest BCUT2D eigenvalue weighted by Gasteiger charge is 2.02. The molecule has 0 saturated carbocycles. The maximum absolute atomic E-state index is 5.48. The standard InChI is InChI=1S/C10H6N4OS/c1-2-7-6-8(3-4-9(7)11-5-1)15-10-12-13-14-16-10/h1-6H. The van der Waals surface area contributed by atoms with Crippen LogP contribution in [0.3, 0.4) is 0 Å². The molecule has 16 heavy (non-hydrogen) atoms. The van der Waals surface area contributed by atoms with E-state index in [9.17, 15) is 0 Å². The Hall–Kier alpha value is -2.08. The van der Waals surface area contributed by atoms with Gasteiger partial charge in [-0.05, 0) is 29.5 Å². The molecule has 0 radical (unpaired) electrons. The largest absolute Gasteiger partial charge is 0.429 e. The van der Waals surface area contributed by atoms with Gasteiger partial charge in [0.05, 0.1) is 5.52 Å². The van der Waals surface area contributed by atoms with Crippen LogP contribution in [0.15, 0.2) is 36.5 Å². The Morgan fingerprint density at radius 1 is 1.19 bits per heavy atom. The zero-order valence-electron chi connectivity index (χ0n) is 8.07. The van der Waals surface area contributed by atoms with Gasteiger partial charge in [-0.15, -0.1) is 0 Å². The number of ether oxygens (including phenoxy) is 1. The van der Waals surface area contributed by atoms with E-state index < -0.39 is 0 Å². The number of aromatic nitrogens is 4. The molecule has 2 aromatic heterocycles. The van der Waals surface area contributed by atoms with E-state index in [1.807, 2.05) is 30.3 Å². The van der Waals surface area contributed by atoms with Crippen molar-refractivity contribution in [3.05, 3.63) is 36.5 Å². The Bertz CT molecular complexity index is 611. The van der Waals surface area contributed by atoms with E-state index in [4.69, 9.17) is 4.74 Å². The summed E-state index contributed by atoms with van der Waals surface area (Å²) in [5, 5.41) is 8.63. The minimum absolute atomic E-state index is 0.434. The summed E-state index contributed by atoms with van der Waals surface area (Å²) in [6.45, 7) is 0. The predicted molar refractivity (Wildman–Crippen MR) is 59.5 cm³/mol. The third-order valence-corrected chi connectivity index (χ3v) is 2.54. The summed E-state index contributed by atoms with van der Waals surface area (Å²) < 4.78 is 9.10. The average Bonchev–Trinajstić information content (AvgIpc) is 2.82. The molecule has 0 aliphatic heterocycles. The van der Waals surface area contributed by atoms with Crippen LogP contribution in [0, 0.1) is 0 Å². The molecule has 0 bridgehead atoms. The summed E-state index contributed by atoms with van der Waals surface area (Å²) in [5.41, 5.74) is 0.935. The Balaban J connectivity index is 1.99. The normalized spacial score (nSPS) is 10.5. The van der Waals surface area contributed by atoms with Crippen molar-refractivity contribution < 1.29 is 4.74 Å². The number of nitrogens with zero attached hydrogens (tertiary/aromatic N) is 4. The zero-order valence-corrected chi connectivity index (χ0v) is 8.89. The fraction of sp³-hybridized carbons (Fsp3) is 0. The molecule has 0 saturated heterocycles. The van der Waals surface area contributed by atoms with E-state index in [1.165, 1.54) is 0 Å². The van der Waals surface area contributed by atoms with Crippen LogP contribution in [0.4, 0.5) is 0 Å². The summed E-state index contributed by atoms with van der Waals surface area (Å²) in [6.07, 6.45) is 1.76. The second-order valence-electron chi connectivity index (χ2n) is 3.09. The van der Waals surface area contributed by atoms with E-state index in [0.717, 1.165) is 22.4 Å². The van der Waals surface area contributed by atoms with Crippen molar-refractivity contribution in [3.63, 3.8) is 0 Å². The van der Waals surface area contributed by atoms with Crippen LogP contribution in [0.2, 0.25) is 0 Å². The van der Waals surface area contributed by atoms with Crippen LogP contribution in [-0.4, -0.2) is 19.8 Å². The summed E-state index contributed by atoms with van der Waals surface area (Å²) >= 11 is 1.11. The summed E-state index contributed by atoms with van der Waals surface area (Å²) in [5.74, 6) is 0.707. The molecule has 0 aliphatic rings. The highest BCUT2D eigenvalue weighted by molar-refractivity contribution is 7.07. The van der Waals surface area contributed by atoms with Crippen LogP contribution in [0.1, 0.15) is 0 Å². The van der Waals surface area contributed by atoms with Crippen molar-refractivity contribution in [3.8, 4) is 10.9 Å². The maximum Gasteiger partial charge on any atom is 0.319 e. The van der Waals surface area contributed by atoms with E-state index in [0.29, 0.717) is 10.9 Å². The third kappa shape index (κ3) is 1.70. The van der Waals surface area contributed by atoms with Crippen LogP contribution in [0.5, 0.6) is 10.9 Å². The summed E-state index contributed by atoms with van der Waals surface area (Å²) in [4.78, 5) is 4.23. The zero-order chi connectivity index (χ0) is 10.8. The molecule has 0 spiro atoms. The first-order valence-electron chi connectivity index (χ1n) is 4.59. The summed E-state index contributed by atoms with van der Waals surface area (Å²) in [7, 11) is 0. The lowest BCUT2D eigenvalue weighted by Crippen LogP contribution is -1.84. The lowest BCUT2D eigenvalue weighted by Gasteiger charge is -2.01. The minimum atomic E-state index is 0.434. The lowest BCUT2D eigenvalue weighted by molar-refractivity contribution is 0.473. The molecule has 0 fully saturated rings. The topological polar surface area (TPSA) is 60.8 Å². The molecule has 3 rings (SSSR count). The Morgan fingerprint density at radius 3 is 3.06 bits per heavy atom. The fourth-order valence-electron chi connectivity index (χ4n) is 1.38. The van der Waals surface area contributed by atoms with Gasteiger partial charge in [0.1, 0.15) is 5.75 Å². The number of hydrogen-bond donors (Lipinski definition) is 0. The van der Waals surface area contributed by atoms with Gasteiger partial charge in [-0.1, -0.05) is 15.7 Å². The fourth-order valence-corrected chi connectivity index (χ4v) is 1.73. The van der Waals surface area contributed by atoms with Crippen LogP contribution >= 0.6 is 11.5 Å². The maximum atomic E-state index is 5.48. The molecule has 6 heteroatoms. The first kappa shape index (κ1) is 9.17. The van der Waals surface area contributed by atoms with E-state index in [-0.39, 0.29) is 0 Å². The highest BCUT2D eigenvalue weighted by atomic mass is 32.1. The lowest BCUT2D eigenvalue weighted by atomic mass is 10.2. The van der Waals surface area contributed by atoms with Crippen molar-refractivity contribution in [1.82, 2.24) is 19.8 Å². The Labute approximate surface area is 94.9 Å². The van der Waals surface area contributed by atoms with Crippen LogP contribution < -0.4 is 4.74 Å². The second kappa shape index (κ2) is 3.82. The SMILES string of the molecule is c1cnc2ccc(Oc3nnns3)cc2c1. The van der Waals surface area contributed by atoms with Gasteiger partial charge in [0.2, 0.25) is 0 Å². The van der Waals surface area contributed by atoms with Gasteiger partial charge in [-0.3, -0.25) is 4.98 Å². The molecular formula is C10H6N4OS. The number of hydrogen-bond acceptors (Lipinski definition) is 6. The first-order valence-corrected chi connectivity index (χ1v) is 5.37. The minimum Gasteiger partial charge on any atom is -0.429 e. The van der Waals surface area contributed by atoms with E-state index in [2.05, 4.69) is 19.8 Å². The first-order chi connectivity index (χ1) is 7.92. The van der Waals surface area contributed by atoms with Crippen molar-refractivity contribution in [1.29, 1.82) is 0 Å². The molecule has 0 atom stereocenters. The second-order valence-corrected chi connectivity index (χ2v) is 3.78. The van der Waals surface area contributed by atoms with Crippen molar-refractivity contribution in [2.45, 2.75) is 0 Å². The van der Waals surface area contributed by atoms with Gasteiger partial charge in [0.15, 0.2) is 0 Å². The molecule has 78 valence electrons.